The third-order valence-corrected chi connectivity index (χ3v) is 2.42. The molecule has 0 radical (unpaired) electrons. The third kappa shape index (κ3) is 2.41. The molecular weight excluding hydrogens is 231 g/mol. The van der Waals surface area contributed by atoms with E-state index in [0.717, 1.165) is 11.1 Å². The van der Waals surface area contributed by atoms with E-state index in [9.17, 15) is 0 Å². The summed E-state index contributed by atoms with van der Waals surface area (Å²) in [5, 5.41) is 1.21. The van der Waals surface area contributed by atoms with E-state index in [2.05, 4.69) is 4.98 Å². The van der Waals surface area contributed by atoms with Crippen molar-refractivity contribution >= 4 is 29.0 Å². The number of aromatic nitrogens is 1. The van der Waals surface area contributed by atoms with Crippen LogP contribution in [0.1, 0.15) is 0 Å². The predicted molar refractivity (Wildman–Crippen MR) is 64.1 cm³/mol. The summed E-state index contributed by atoms with van der Waals surface area (Å²) in [6, 6.07) is 8.98. The second-order valence-corrected chi connectivity index (χ2v) is 4.00. The average molecular weight is 239 g/mol. The van der Waals surface area contributed by atoms with E-state index in [1.165, 1.54) is 0 Å². The van der Waals surface area contributed by atoms with Gasteiger partial charge in [0.1, 0.15) is 5.82 Å². The van der Waals surface area contributed by atoms with Crippen molar-refractivity contribution < 1.29 is 0 Å². The van der Waals surface area contributed by atoms with Crippen molar-refractivity contribution in [3.63, 3.8) is 0 Å². The Balaban J connectivity index is 2.49. The molecule has 1 aromatic heterocycles. The van der Waals surface area contributed by atoms with Crippen LogP contribution in [0.3, 0.4) is 0 Å². The van der Waals surface area contributed by atoms with Crippen molar-refractivity contribution in [3.05, 3.63) is 46.6 Å². The van der Waals surface area contributed by atoms with Gasteiger partial charge >= 0.3 is 0 Å². The molecule has 4 heteroatoms. The monoisotopic (exact) mass is 238 g/mol. The third-order valence-electron chi connectivity index (χ3n) is 1.98. The molecule has 0 amide bonds. The van der Waals surface area contributed by atoms with Crippen molar-refractivity contribution in [2.75, 3.05) is 5.73 Å². The highest BCUT2D eigenvalue weighted by atomic mass is 35.5. The first-order valence-electron chi connectivity index (χ1n) is 4.33. The van der Waals surface area contributed by atoms with Gasteiger partial charge in [-0.15, -0.1) is 0 Å². The molecule has 76 valence electrons. The maximum Gasteiger partial charge on any atom is 0.123 e. The largest absolute Gasteiger partial charge is 0.384 e. The number of nitrogens with two attached hydrogens (primary N) is 1. The Labute approximate surface area is 97.7 Å². The lowest BCUT2D eigenvalue weighted by molar-refractivity contribution is 1.34. The molecule has 0 saturated heterocycles. The summed E-state index contributed by atoms with van der Waals surface area (Å²) in [5.41, 5.74) is 7.37. The zero-order chi connectivity index (χ0) is 10.8. The molecular formula is C11H8Cl2N2. The zero-order valence-corrected chi connectivity index (χ0v) is 9.26. The number of hydrogen-bond acceptors (Lipinski definition) is 2. The van der Waals surface area contributed by atoms with E-state index in [1.807, 2.05) is 18.2 Å². The number of halogens is 2. The number of anilines is 1. The minimum absolute atomic E-state index is 0.492. The summed E-state index contributed by atoms with van der Waals surface area (Å²) >= 11 is 11.8. The molecule has 0 fully saturated rings. The smallest absolute Gasteiger partial charge is 0.123 e. The fourth-order valence-corrected chi connectivity index (χ4v) is 1.82. The Morgan fingerprint density at radius 1 is 0.933 bits per heavy atom. The van der Waals surface area contributed by atoms with Crippen LogP contribution in [0.15, 0.2) is 36.5 Å². The summed E-state index contributed by atoms with van der Waals surface area (Å²) in [6.07, 6.45) is 1.69. The lowest BCUT2D eigenvalue weighted by Crippen LogP contribution is -1.88. The molecule has 1 aromatic carbocycles. The number of benzene rings is 1. The van der Waals surface area contributed by atoms with Gasteiger partial charge in [0.05, 0.1) is 0 Å². The van der Waals surface area contributed by atoms with Gasteiger partial charge < -0.3 is 5.73 Å². The molecule has 2 aromatic rings. The second-order valence-electron chi connectivity index (χ2n) is 3.13. The van der Waals surface area contributed by atoms with E-state index in [1.54, 1.807) is 18.3 Å². The van der Waals surface area contributed by atoms with Crippen LogP contribution in [-0.2, 0) is 0 Å². The molecule has 0 spiro atoms. The molecule has 0 bridgehead atoms. The first-order valence-corrected chi connectivity index (χ1v) is 5.09. The van der Waals surface area contributed by atoms with Gasteiger partial charge in [-0.05, 0) is 35.9 Å². The van der Waals surface area contributed by atoms with E-state index in [4.69, 9.17) is 28.9 Å². The second kappa shape index (κ2) is 4.09. The molecule has 0 atom stereocenters. The summed E-state index contributed by atoms with van der Waals surface area (Å²) in [7, 11) is 0. The maximum atomic E-state index is 5.90. The van der Waals surface area contributed by atoms with Gasteiger partial charge in [0.2, 0.25) is 0 Å². The molecule has 0 unspecified atom stereocenters. The quantitative estimate of drug-likeness (QED) is 0.825. The van der Waals surface area contributed by atoms with Crippen molar-refractivity contribution in [1.29, 1.82) is 0 Å². The summed E-state index contributed by atoms with van der Waals surface area (Å²) in [6.45, 7) is 0. The lowest BCUT2D eigenvalue weighted by atomic mass is 10.1. The predicted octanol–water partition coefficient (Wildman–Crippen LogP) is 3.64. The zero-order valence-electron chi connectivity index (χ0n) is 7.74. The molecule has 2 rings (SSSR count). The number of rotatable bonds is 1. The molecule has 15 heavy (non-hydrogen) atoms. The van der Waals surface area contributed by atoms with Gasteiger partial charge in [-0.1, -0.05) is 23.2 Å². The van der Waals surface area contributed by atoms with Crippen LogP contribution in [-0.4, -0.2) is 4.98 Å². The molecule has 0 aliphatic rings. The van der Waals surface area contributed by atoms with Crippen LogP contribution in [0.4, 0.5) is 5.82 Å². The SMILES string of the molecule is Nc1ccc(-c2cc(Cl)cc(Cl)c2)cn1. The van der Waals surface area contributed by atoms with Gasteiger partial charge in [0.15, 0.2) is 0 Å². The summed E-state index contributed by atoms with van der Waals surface area (Å²) in [5.74, 6) is 0.492. The maximum absolute atomic E-state index is 5.90. The van der Waals surface area contributed by atoms with Crippen molar-refractivity contribution in [3.8, 4) is 11.1 Å². The first-order chi connectivity index (χ1) is 7.15. The van der Waals surface area contributed by atoms with E-state index < -0.39 is 0 Å². The fourth-order valence-electron chi connectivity index (χ4n) is 1.30. The van der Waals surface area contributed by atoms with Crippen LogP contribution in [0.5, 0.6) is 0 Å². The van der Waals surface area contributed by atoms with Crippen molar-refractivity contribution in [1.82, 2.24) is 4.98 Å². The highest BCUT2D eigenvalue weighted by molar-refractivity contribution is 6.35. The number of pyridine rings is 1. The minimum Gasteiger partial charge on any atom is -0.384 e. The molecule has 2 N–H and O–H groups in total. The van der Waals surface area contributed by atoms with Gasteiger partial charge in [0, 0.05) is 21.8 Å². The number of nitrogen functional groups attached to an aromatic ring is 1. The highest BCUT2D eigenvalue weighted by Gasteiger charge is 2.01. The van der Waals surface area contributed by atoms with Gasteiger partial charge in [-0.25, -0.2) is 4.98 Å². The van der Waals surface area contributed by atoms with Crippen molar-refractivity contribution in [2.24, 2.45) is 0 Å². The normalized spacial score (nSPS) is 10.3. The fraction of sp³-hybridized carbons (Fsp3) is 0. The average Bonchev–Trinajstić information content (AvgIpc) is 2.17. The van der Waals surface area contributed by atoms with Gasteiger partial charge in [0.25, 0.3) is 0 Å². The van der Waals surface area contributed by atoms with Crippen LogP contribution in [0, 0.1) is 0 Å². The molecule has 2 nitrogen and oxygen atoms in total. The standard InChI is InChI=1S/C11H8Cl2N2/c12-9-3-8(4-10(13)5-9)7-1-2-11(14)15-6-7/h1-6H,(H2,14,15). The number of hydrogen-bond donors (Lipinski definition) is 1. The topological polar surface area (TPSA) is 38.9 Å². The van der Waals surface area contributed by atoms with Gasteiger partial charge in [-0.3, -0.25) is 0 Å². The number of nitrogens with zero attached hydrogens (tertiary/aromatic N) is 1. The van der Waals surface area contributed by atoms with Crippen LogP contribution in [0.2, 0.25) is 10.0 Å². The van der Waals surface area contributed by atoms with Crippen LogP contribution in [0.25, 0.3) is 11.1 Å². The van der Waals surface area contributed by atoms with Crippen LogP contribution >= 0.6 is 23.2 Å². The van der Waals surface area contributed by atoms with Crippen molar-refractivity contribution in [2.45, 2.75) is 0 Å². The van der Waals surface area contributed by atoms with E-state index in [-0.39, 0.29) is 0 Å². The minimum atomic E-state index is 0.492. The summed E-state index contributed by atoms with van der Waals surface area (Å²) < 4.78 is 0. The van der Waals surface area contributed by atoms with Gasteiger partial charge in [-0.2, -0.15) is 0 Å². The Morgan fingerprint density at radius 3 is 2.13 bits per heavy atom. The Hall–Kier alpha value is -1.25. The molecule has 0 saturated carbocycles. The summed E-state index contributed by atoms with van der Waals surface area (Å²) in [4.78, 5) is 4.01. The Kier molecular flexibility index (Phi) is 2.80. The van der Waals surface area contributed by atoms with E-state index in [0.29, 0.717) is 15.9 Å². The molecule has 0 aliphatic heterocycles. The highest BCUT2D eigenvalue weighted by Crippen LogP contribution is 2.26. The first kappa shape index (κ1) is 10.3. The molecule has 0 aliphatic carbocycles. The van der Waals surface area contributed by atoms with Crippen LogP contribution < -0.4 is 5.73 Å². The van der Waals surface area contributed by atoms with E-state index >= 15 is 0 Å². The Morgan fingerprint density at radius 2 is 1.60 bits per heavy atom. The Bertz CT molecular complexity index is 460. The molecule has 1 heterocycles. The lowest BCUT2D eigenvalue weighted by Gasteiger charge is -2.03.